The van der Waals surface area contributed by atoms with Crippen LogP contribution in [-0.4, -0.2) is 86.0 Å². The van der Waals surface area contributed by atoms with Crippen molar-refractivity contribution in [2.24, 2.45) is 0 Å². The van der Waals surface area contributed by atoms with Crippen molar-refractivity contribution >= 4 is 40.5 Å². The fraction of sp³-hybridized carbons (Fsp3) is 0.346. The Kier molecular flexibility index (Phi) is 8.65. The SMILES string of the molecule is Cc1c(OCCCN2CCOCC2CO)cn2ncnc(Nc3cnc(NC(=O)c4ccc(F)c(Cl)c4)nc3)c12. The number of halogens is 2. The van der Waals surface area contributed by atoms with Crippen LogP contribution >= 0.6 is 11.6 Å². The summed E-state index contributed by atoms with van der Waals surface area (Å²) in [5, 5.41) is 19.4. The Labute approximate surface area is 234 Å². The summed E-state index contributed by atoms with van der Waals surface area (Å²) in [6.07, 6.45) is 7.03. The van der Waals surface area contributed by atoms with Crippen LogP contribution in [0.5, 0.6) is 5.75 Å². The van der Waals surface area contributed by atoms with Crippen LogP contribution in [0, 0.1) is 12.7 Å². The third kappa shape index (κ3) is 6.28. The maximum absolute atomic E-state index is 13.4. The Balaban J connectivity index is 1.21. The average Bonchev–Trinajstić information content (AvgIpc) is 3.29. The van der Waals surface area contributed by atoms with Gasteiger partial charge in [0.05, 0.1) is 61.8 Å². The number of hydrogen-bond donors (Lipinski definition) is 3. The van der Waals surface area contributed by atoms with Gasteiger partial charge in [-0.05, 0) is 31.5 Å². The van der Waals surface area contributed by atoms with Gasteiger partial charge in [0.1, 0.15) is 23.4 Å². The third-order valence-electron chi connectivity index (χ3n) is 6.51. The van der Waals surface area contributed by atoms with E-state index in [4.69, 9.17) is 21.1 Å². The van der Waals surface area contributed by atoms with Gasteiger partial charge in [0.15, 0.2) is 5.82 Å². The predicted molar refractivity (Wildman–Crippen MR) is 146 cm³/mol. The molecule has 5 rings (SSSR count). The molecule has 3 N–H and O–H groups in total. The highest BCUT2D eigenvalue weighted by atomic mass is 35.5. The molecular formula is C26H28ClFN8O4. The molecule has 210 valence electrons. The first-order chi connectivity index (χ1) is 19.4. The van der Waals surface area contributed by atoms with E-state index in [1.165, 1.54) is 30.9 Å². The van der Waals surface area contributed by atoms with Gasteiger partial charge in [-0.25, -0.2) is 23.9 Å². The predicted octanol–water partition coefficient (Wildman–Crippen LogP) is 3.08. The summed E-state index contributed by atoms with van der Waals surface area (Å²) < 4.78 is 26.5. The van der Waals surface area contributed by atoms with Crippen LogP contribution in [0.3, 0.4) is 0 Å². The molecule has 1 fully saturated rings. The van der Waals surface area contributed by atoms with E-state index in [1.54, 1.807) is 10.7 Å². The lowest BCUT2D eigenvalue weighted by molar-refractivity contribution is -0.0287. The molecule has 0 radical (unpaired) electrons. The fourth-order valence-electron chi connectivity index (χ4n) is 4.38. The number of aryl methyl sites for hydroxylation is 1. The van der Waals surface area contributed by atoms with Crippen LogP contribution in [0.4, 0.5) is 21.8 Å². The van der Waals surface area contributed by atoms with Crippen LogP contribution < -0.4 is 15.4 Å². The molecule has 1 atom stereocenters. The number of anilines is 3. The minimum atomic E-state index is -0.610. The lowest BCUT2D eigenvalue weighted by Gasteiger charge is -2.34. The number of aromatic nitrogens is 5. The number of carbonyl (C=O) groups is 1. The average molecular weight is 571 g/mol. The van der Waals surface area contributed by atoms with Crippen molar-refractivity contribution in [3.05, 3.63) is 65.1 Å². The normalized spacial score (nSPS) is 15.8. The van der Waals surface area contributed by atoms with Crippen molar-refractivity contribution in [2.75, 3.05) is 50.2 Å². The van der Waals surface area contributed by atoms with E-state index in [1.807, 2.05) is 6.92 Å². The molecular weight excluding hydrogens is 543 g/mol. The Morgan fingerprint density at radius 1 is 1.30 bits per heavy atom. The molecule has 3 aromatic heterocycles. The molecule has 1 unspecified atom stereocenters. The van der Waals surface area contributed by atoms with Gasteiger partial charge in [0.2, 0.25) is 5.95 Å². The number of fused-ring (bicyclic) bond motifs is 1. The molecule has 14 heteroatoms. The van der Waals surface area contributed by atoms with Crippen LogP contribution in [-0.2, 0) is 4.74 Å². The lowest BCUT2D eigenvalue weighted by atomic mass is 10.2. The molecule has 1 aliphatic rings. The number of rotatable bonds is 10. The first-order valence-electron chi connectivity index (χ1n) is 12.7. The standard InChI is InChI=1S/C26H28ClFN8O4/c1-16-22(40-7-2-5-35-6-8-39-14-19(35)13-37)12-36-23(16)24(31-15-32-36)33-18-10-29-26(30-11-18)34-25(38)17-3-4-21(28)20(27)9-17/h3-4,9-12,15,19,37H,2,5-8,13-14H2,1H3,(H,31,32,33)(H,29,30,34,38). The summed E-state index contributed by atoms with van der Waals surface area (Å²) >= 11 is 5.76. The van der Waals surface area contributed by atoms with Crippen molar-refractivity contribution in [1.29, 1.82) is 0 Å². The summed E-state index contributed by atoms with van der Waals surface area (Å²) in [5.41, 5.74) is 2.32. The molecule has 1 aliphatic heterocycles. The van der Waals surface area contributed by atoms with Crippen molar-refractivity contribution in [2.45, 2.75) is 19.4 Å². The zero-order valence-corrected chi connectivity index (χ0v) is 22.4. The van der Waals surface area contributed by atoms with Gasteiger partial charge < -0.3 is 19.9 Å². The molecule has 1 amide bonds. The number of benzene rings is 1. The van der Waals surface area contributed by atoms with Crippen molar-refractivity contribution in [1.82, 2.24) is 29.5 Å². The second-order valence-electron chi connectivity index (χ2n) is 9.17. The van der Waals surface area contributed by atoms with Gasteiger partial charge in [-0.1, -0.05) is 11.6 Å². The quantitative estimate of drug-likeness (QED) is 0.244. The summed E-state index contributed by atoms with van der Waals surface area (Å²) in [6.45, 7) is 5.33. The molecule has 0 spiro atoms. The van der Waals surface area contributed by atoms with Gasteiger partial charge in [-0.15, -0.1) is 0 Å². The number of aliphatic hydroxyl groups excluding tert-OH is 1. The van der Waals surface area contributed by atoms with Crippen molar-refractivity contribution in [3.63, 3.8) is 0 Å². The monoisotopic (exact) mass is 570 g/mol. The van der Waals surface area contributed by atoms with Gasteiger partial charge in [0, 0.05) is 24.2 Å². The minimum absolute atomic E-state index is 0.0275. The van der Waals surface area contributed by atoms with E-state index in [-0.39, 0.29) is 29.2 Å². The van der Waals surface area contributed by atoms with Crippen LogP contribution in [0.25, 0.3) is 5.52 Å². The van der Waals surface area contributed by atoms with E-state index < -0.39 is 11.7 Å². The van der Waals surface area contributed by atoms with Crippen molar-refractivity contribution in [3.8, 4) is 5.75 Å². The maximum atomic E-state index is 13.4. The highest BCUT2D eigenvalue weighted by molar-refractivity contribution is 6.31. The smallest absolute Gasteiger partial charge is 0.258 e. The molecule has 1 saturated heterocycles. The zero-order valence-electron chi connectivity index (χ0n) is 21.7. The van der Waals surface area contributed by atoms with Crippen LogP contribution in [0.15, 0.2) is 43.1 Å². The zero-order chi connectivity index (χ0) is 28.1. The molecule has 40 heavy (non-hydrogen) atoms. The minimum Gasteiger partial charge on any atom is -0.492 e. The second-order valence-corrected chi connectivity index (χ2v) is 9.58. The summed E-state index contributed by atoms with van der Waals surface area (Å²) in [6, 6.07) is 3.70. The summed E-state index contributed by atoms with van der Waals surface area (Å²) in [4.78, 5) is 27.3. The Bertz CT molecular complexity index is 1490. The van der Waals surface area contributed by atoms with E-state index in [9.17, 15) is 14.3 Å². The highest BCUT2D eigenvalue weighted by Gasteiger charge is 2.22. The molecule has 1 aromatic carbocycles. The van der Waals surface area contributed by atoms with Crippen molar-refractivity contribution < 1.29 is 23.8 Å². The number of nitrogens with one attached hydrogen (secondary N) is 2. The van der Waals surface area contributed by atoms with E-state index in [0.717, 1.165) is 36.7 Å². The van der Waals surface area contributed by atoms with Gasteiger partial charge >= 0.3 is 0 Å². The van der Waals surface area contributed by atoms with E-state index in [0.29, 0.717) is 37.1 Å². The molecule has 0 bridgehead atoms. The summed E-state index contributed by atoms with van der Waals surface area (Å²) in [7, 11) is 0. The molecule has 4 heterocycles. The third-order valence-corrected chi connectivity index (χ3v) is 6.80. The highest BCUT2D eigenvalue weighted by Crippen LogP contribution is 2.29. The maximum Gasteiger partial charge on any atom is 0.258 e. The Morgan fingerprint density at radius 2 is 2.12 bits per heavy atom. The topological polar surface area (TPSA) is 139 Å². The number of carbonyl (C=O) groups excluding carboxylic acids is 1. The van der Waals surface area contributed by atoms with Crippen LogP contribution in [0.1, 0.15) is 22.3 Å². The van der Waals surface area contributed by atoms with Crippen LogP contribution in [0.2, 0.25) is 5.02 Å². The summed E-state index contributed by atoms with van der Waals surface area (Å²) in [5.74, 6) is 0.166. The Morgan fingerprint density at radius 3 is 2.90 bits per heavy atom. The number of nitrogens with zero attached hydrogens (tertiary/aromatic N) is 6. The Hall–Kier alpha value is -3.91. The van der Waals surface area contributed by atoms with E-state index in [2.05, 4.69) is 35.6 Å². The molecule has 0 aliphatic carbocycles. The van der Waals surface area contributed by atoms with Gasteiger partial charge in [-0.2, -0.15) is 5.10 Å². The molecule has 4 aromatic rings. The first kappa shape index (κ1) is 27.6. The van der Waals surface area contributed by atoms with Gasteiger partial charge in [0.25, 0.3) is 5.91 Å². The number of aliphatic hydroxyl groups is 1. The lowest BCUT2D eigenvalue weighted by Crippen LogP contribution is -2.47. The molecule has 12 nitrogen and oxygen atoms in total. The second kappa shape index (κ2) is 12.5. The molecule has 0 saturated carbocycles. The number of amides is 1. The first-order valence-corrected chi connectivity index (χ1v) is 13.0. The number of hydrogen-bond acceptors (Lipinski definition) is 10. The number of ether oxygens (including phenoxy) is 2. The van der Waals surface area contributed by atoms with Gasteiger partial charge in [-0.3, -0.25) is 15.0 Å². The fourth-order valence-corrected chi connectivity index (χ4v) is 4.56. The number of morpholine rings is 1. The largest absolute Gasteiger partial charge is 0.492 e. The van der Waals surface area contributed by atoms with E-state index >= 15 is 0 Å².